The Morgan fingerprint density at radius 1 is 1.44 bits per heavy atom. The molecule has 0 aliphatic carbocycles. The van der Waals surface area contributed by atoms with Gasteiger partial charge in [-0.25, -0.2) is 0 Å². The maximum atomic E-state index is 5.79. The fourth-order valence-electron chi connectivity index (χ4n) is 1.66. The zero-order valence-electron chi connectivity index (χ0n) is 9.48. The Labute approximate surface area is 100 Å². The number of rotatable bonds is 3. The molecular formula is C11H17N3OS. The second kappa shape index (κ2) is 5.30. The lowest BCUT2D eigenvalue weighted by Crippen LogP contribution is -2.33. The molecule has 0 bridgehead atoms. The highest BCUT2D eigenvalue weighted by Crippen LogP contribution is 2.24. The molecule has 0 saturated carbocycles. The Balaban J connectivity index is 2.17. The van der Waals surface area contributed by atoms with Crippen LogP contribution in [-0.2, 0) is 0 Å². The summed E-state index contributed by atoms with van der Waals surface area (Å²) in [6.07, 6.45) is 0. The van der Waals surface area contributed by atoms with Gasteiger partial charge < -0.3 is 15.4 Å². The Morgan fingerprint density at radius 2 is 2.19 bits per heavy atom. The van der Waals surface area contributed by atoms with Gasteiger partial charge in [-0.1, -0.05) is 0 Å². The zero-order chi connectivity index (χ0) is 11.4. The first-order chi connectivity index (χ1) is 7.81. The molecule has 0 aromatic carbocycles. The Hall–Kier alpha value is -1.10. The van der Waals surface area contributed by atoms with E-state index in [1.54, 1.807) is 0 Å². The van der Waals surface area contributed by atoms with Gasteiger partial charge in [0.05, 0.1) is 12.3 Å². The minimum atomic E-state index is 0.554. The molecule has 1 aliphatic rings. The highest BCUT2D eigenvalue weighted by atomic mass is 32.2. The van der Waals surface area contributed by atoms with E-state index in [1.165, 1.54) is 0 Å². The summed E-state index contributed by atoms with van der Waals surface area (Å²) in [7, 11) is 0. The third-order valence-electron chi connectivity index (χ3n) is 2.49. The van der Waals surface area contributed by atoms with Gasteiger partial charge in [-0.2, -0.15) is 16.7 Å². The minimum absolute atomic E-state index is 0.554. The van der Waals surface area contributed by atoms with E-state index in [0.29, 0.717) is 18.2 Å². The third-order valence-corrected chi connectivity index (χ3v) is 3.43. The molecule has 2 heterocycles. The van der Waals surface area contributed by atoms with Crippen molar-refractivity contribution in [2.45, 2.75) is 6.92 Å². The largest absolute Gasteiger partial charge is 0.476 e. The molecule has 4 nitrogen and oxygen atoms in total. The highest BCUT2D eigenvalue weighted by Gasteiger charge is 2.13. The summed E-state index contributed by atoms with van der Waals surface area (Å²) in [5, 5.41) is 0. The highest BCUT2D eigenvalue weighted by molar-refractivity contribution is 7.99. The molecule has 1 fully saturated rings. The van der Waals surface area contributed by atoms with E-state index >= 15 is 0 Å². The van der Waals surface area contributed by atoms with Crippen LogP contribution in [0, 0.1) is 0 Å². The van der Waals surface area contributed by atoms with Crippen molar-refractivity contribution in [2.75, 3.05) is 41.8 Å². The topological polar surface area (TPSA) is 51.4 Å². The molecular weight excluding hydrogens is 222 g/mol. The lowest BCUT2D eigenvalue weighted by Gasteiger charge is -2.27. The van der Waals surface area contributed by atoms with Crippen molar-refractivity contribution in [3.05, 3.63) is 12.1 Å². The van der Waals surface area contributed by atoms with Gasteiger partial charge in [0.15, 0.2) is 0 Å². The maximum Gasteiger partial charge on any atom is 0.239 e. The smallest absolute Gasteiger partial charge is 0.239 e. The maximum absolute atomic E-state index is 5.79. The summed E-state index contributed by atoms with van der Waals surface area (Å²) in [6, 6.07) is 3.84. The van der Waals surface area contributed by atoms with Crippen LogP contribution in [0.2, 0.25) is 0 Å². The molecule has 5 heteroatoms. The van der Waals surface area contributed by atoms with Crippen LogP contribution in [0.4, 0.5) is 11.5 Å². The molecule has 1 saturated heterocycles. The van der Waals surface area contributed by atoms with Gasteiger partial charge in [0.2, 0.25) is 5.88 Å². The molecule has 0 unspecified atom stereocenters. The van der Waals surface area contributed by atoms with Crippen LogP contribution in [0.1, 0.15) is 6.92 Å². The van der Waals surface area contributed by atoms with Gasteiger partial charge in [0.25, 0.3) is 0 Å². The zero-order valence-corrected chi connectivity index (χ0v) is 10.3. The lowest BCUT2D eigenvalue weighted by atomic mass is 10.3. The minimum Gasteiger partial charge on any atom is -0.476 e. The fraction of sp³-hybridized carbons (Fsp3) is 0.545. The third kappa shape index (κ3) is 2.52. The first kappa shape index (κ1) is 11.4. The quantitative estimate of drug-likeness (QED) is 0.868. The SMILES string of the molecule is CCOc1nc(N2CCSCC2)ccc1N. The average molecular weight is 239 g/mol. The summed E-state index contributed by atoms with van der Waals surface area (Å²) in [6.45, 7) is 4.63. The predicted molar refractivity (Wildman–Crippen MR) is 69.4 cm³/mol. The summed E-state index contributed by atoms with van der Waals surface area (Å²) >= 11 is 1.99. The molecule has 1 aromatic rings. The molecule has 2 N–H and O–H groups in total. The van der Waals surface area contributed by atoms with E-state index in [4.69, 9.17) is 10.5 Å². The molecule has 1 aromatic heterocycles. The van der Waals surface area contributed by atoms with Crippen LogP contribution in [0.25, 0.3) is 0 Å². The molecule has 2 rings (SSSR count). The van der Waals surface area contributed by atoms with Crippen LogP contribution in [0.5, 0.6) is 5.88 Å². The van der Waals surface area contributed by atoms with Crippen molar-refractivity contribution in [3.8, 4) is 5.88 Å². The molecule has 0 spiro atoms. The second-order valence-corrected chi connectivity index (χ2v) is 4.82. The number of ether oxygens (including phenoxy) is 1. The van der Waals surface area contributed by atoms with E-state index in [-0.39, 0.29) is 0 Å². The predicted octanol–water partition coefficient (Wildman–Crippen LogP) is 1.62. The molecule has 0 atom stereocenters. The van der Waals surface area contributed by atoms with Gasteiger partial charge in [-0.05, 0) is 19.1 Å². The molecule has 88 valence electrons. The number of nitrogen functional groups attached to an aromatic ring is 1. The van der Waals surface area contributed by atoms with Crippen molar-refractivity contribution in [2.24, 2.45) is 0 Å². The number of hydrogen-bond acceptors (Lipinski definition) is 5. The van der Waals surface area contributed by atoms with Crippen LogP contribution >= 0.6 is 11.8 Å². The number of aromatic nitrogens is 1. The van der Waals surface area contributed by atoms with Gasteiger partial charge in [0, 0.05) is 24.6 Å². The van der Waals surface area contributed by atoms with Crippen LogP contribution in [0.3, 0.4) is 0 Å². The number of anilines is 2. The van der Waals surface area contributed by atoms with Crippen LogP contribution in [0.15, 0.2) is 12.1 Å². The second-order valence-electron chi connectivity index (χ2n) is 3.60. The normalized spacial score (nSPS) is 16.2. The summed E-state index contributed by atoms with van der Waals surface area (Å²) < 4.78 is 5.40. The van der Waals surface area contributed by atoms with Crippen molar-refractivity contribution in [1.82, 2.24) is 4.98 Å². The first-order valence-corrected chi connectivity index (χ1v) is 6.68. The van der Waals surface area contributed by atoms with Gasteiger partial charge in [0.1, 0.15) is 5.82 Å². The molecule has 16 heavy (non-hydrogen) atoms. The van der Waals surface area contributed by atoms with Crippen molar-refractivity contribution < 1.29 is 4.74 Å². The standard InChI is InChI=1S/C11H17N3OS/c1-2-15-11-9(12)3-4-10(13-11)14-5-7-16-8-6-14/h3-4H,2,5-8,12H2,1H3. The fourth-order valence-corrected chi connectivity index (χ4v) is 2.57. The molecule has 0 amide bonds. The Morgan fingerprint density at radius 3 is 2.88 bits per heavy atom. The van der Waals surface area contributed by atoms with Crippen molar-refractivity contribution in [3.63, 3.8) is 0 Å². The van der Waals surface area contributed by atoms with E-state index in [9.17, 15) is 0 Å². The lowest BCUT2D eigenvalue weighted by molar-refractivity contribution is 0.329. The summed E-state index contributed by atoms with van der Waals surface area (Å²) in [4.78, 5) is 6.73. The summed E-state index contributed by atoms with van der Waals surface area (Å²) in [5.41, 5.74) is 6.40. The molecule has 0 radical (unpaired) electrons. The Bertz CT molecular complexity index is 353. The van der Waals surface area contributed by atoms with E-state index in [0.717, 1.165) is 30.4 Å². The monoisotopic (exact) mass is 239 g/mol. The van der Waals surface area contributed by atoms with E-state index in [2.05, 4.69) is 9.88 Å². The number of nitrogens with two attached hydrogens (primary N) is 1. The van der Waals surface area contributed by atoms with Crippen molar-refractivity contribution in [1.29, 1.82) is 0 Å². The van der Waals surface area contributed by atoms with Gasteiger partial charge >= 0.3 is 0 Å². The molecule has 1 aliphatic heterocycles. The van der Waals surface area contributed by atoms with Crippen molar-refractivity contribution >= 4 is 23.3 Å². The Kier molecular flexibility index (Phi) is 3.77. The van der Waals surface area contributed by atoms with E-state index < -0.39 is 0 Å². The van der Waals surface area contributed by atoms with Gasteiger partial charge in [-0.15, -0.1) is 0 Å². The number of hydrogen-bond donors (Lipinski definition) is 1. The first-order valence-electron chi connectivity index (χ1n) is 5.53. The van der Waals surface area contributed by atoms with E-state index in [1.807, 2.05) is 30.8 Å². The number of thioether (sulfide) groups is 1. The van der Waals surface area contributed by atoms with Gasteiger partial charge in [-0.3, -0.25) is 0 Å². The van der Waals surface area contributed by atoms with Crippen LogP contribution < -0.4 is 15.4 Å². The number of pyridine rings is 1. The van der Waals surface area contributed by atoms with Crippen LogP contribution in [-0.4, -0.2) is 36.2 Å². The average Bonchev–Trinajstić information content (AvgIpc) is 2.33. The number of nitrogens with zero attached hydrogens (tertiary/aromatic N) is 2. The summed E-state index contributed by atoms with van der Waals surface area (Å²) in [5.74, 6) is 3.85.